The van der Waals surface area contributed by atoms with Gasteiger partial charge < -0.3 is 0 Å². The lowest BCUT2D eigenvalue weighted by Gasteiger charge is -2.24. The van der Waals surface area contributed by atoms with E-state index in [9.17, 15) is 0 Å². The van der Waals surface area contributed by atoms with Gasteiger partial charge in [-0.1, -0.05) is 63.2 Å². The zero-order valence-corrected chi connectivity index (χ0v) is 12.0. The molecule has 94 valence electrons. The molecule has 0 saturated heterocycles. The van der Waals surface area contributed by atoms with E-state index < -0.39 is 0 Å². The lowest BCUT2D eigenvalue weighted by molar-refractivity contribution is 0.585. The van der Waals surface area contributed by atoms with Crippen LogP contribution in [0.1, 0.15) is 37.5 Å². The molecule has 0 aliphatic rings. The van der Waals surface area contributed by atoms with Crippen molar-refractivity contribution in [3.8, 4) is 11.1 Å². The quantitative estimate of drug-likeness (QED) is 0.635. The maximum atomic E-state index is 2.34. The van der Waals surface area contributed by atoms with Crippen molar-refractivity contribution in [3.63, 3.8) is 0 Å². The number of hydrogen-bond acceptors (Lipinski definition) is 0. The Hall–Kier alpha value is -1.56. The van der Waals surface area contributed by atoms with Gasteiger partial charge in [0.2, 0.25) is 0 Å². The SMILES string of the molecule is Cc1cc(-c2ccccc2)cc(C(C)(C)C)c1C. The van der Waals surface area contributed by atoms with Gasteiger partial charge in [0, 0.05) is 0 Å². The van der Waals surface area contributed by atoms with Crippen LogP contribution >= 0.6 is 0 Å². The van der Waals surface area contributed by atoms with Crippen molar-refractivity contribution in [2.45, 2.75) is 40.0 Å². The lowest BCUT2D eigenvalue weighted by Crippen LogP contribution is -2.14. The number of aryl methyl sites for hydroxylation is 1. The summed E-state index contributed by atoms with van der Waals surface area (Å²) in [6.07, 6.45) is 0. The third-order valence-electron chi connectivity index (χ3n) is 3.58. The van der Waals surface area contributed by atoms with Crippen LogP contribution in [0.15, 0.2) is 42.5 Å². The lowest BCUT2D eigenvalue weighted by atomic mass is 9.81. The van der Waals surface area contributed by atoms with Crippen molar-refractivity contribution < 1.29 is 0 Å². The fraction of sp³-hybridized carbons (Fsp3) is 0.333. The smallest absolute Gasteiger partial charge is 0.0129 e. The molecule has 2 aromatic carbocycles. The van der Waals surface area contributed by atoms with Crippen LogP contribution in [-0.2, 0) is 5.41 Å². The average Bonchev–Trinajstić information content (AvgIpc) is 2.32. The van der Waals surface area contributed by atoms with E-state index in [0.717, 1.165) is 0 Å². The van der Waals surface area contributed by atoms with Crippen molar-refractivity contribution in [3.05, 3.63) is 59.2 Å². The van der Waals surface area contributed by atoms with Gasteiger partial charge in [0.05, 0.1) is 0 Å². The van der Waals surface area contributed by atoms with Crippen molar-refractivity contribution in [2.24, 2.45) is 0 Å². The van der Waals surface area contributed by atoms with Crippen LogP contribution < -0.4 is 0 Å². The minimum Gasteiger partial charge on any atom is -0.0622 e. The highest BCUT2D eigenvalue weighted by atomic mass is 14.2. The fourth-order valence-electron chi connectivity index (χ4n) is 2.44. The molecule has 0 heterocycles. The summed E-state index contributed by atoms with van der Waals surface area (Å²) in [6.45, 7) is 11.3. The average molecular weight is 238 g/mol. The van der Waals surface area contributed by atoms with E-state index >= 15 is 0 Å². The van der Waals surface area contributed by atoms with Gasteiger partial charge in [-0.25, -0.2) is 0 Å². The van der Waals surface area contributed by atoms with Crippen molar-refractivity contribution >= 4 is 0 Å². The molecule has 2 aromatic rings. The second-order valence-corrected chi connectivity index (χ2v) is 6.08. The summed E-state index contributed by atoms with van der Waals surface area (Å²) >= 11 is 0. The Morgan fingerprint density at radius 3 is 1.94 bits per heavy atom. The summed E-state index contributed by atoms with van der Waals surface area (Å²) in [7, 11) is 0. The van der Waals surface area contributed by atoms with Crippen LogP contribution in [0.5, 0.6) is 0 Å². The number of hydrogen-bond donors (Lipinski definition) is 0. The van der Waals surface area contributed by atoms with Gasteiger partial charge in [0.1, 0.15) is 0 Å². The third-order valence-corrected chi connectivity index (χ3v) is 3.58. The Morgan fingerprint density at radius 1 is 0.778 bits per heavy atom. The first-order valence-corrected chi connectivity index (χ1v) is 6.57. The number of benzene rings is 2. The molecule has 0 amide bonds. The summed E-state index contributed by atoms with van der Waals surface area (Å²) in [4.78, 5) is 0. The molecule has 0 nitrogen and oxygen atoms in total. The minimum atomic E-state index is 0.194. The molecule has 0 radical (unpaired) electrons. The Morgan fingerprint density at radius 2 is 1.39 bits per heavy atom. The summed E-state index contributed by atoms with van der Waals surface area (Å²) < 4.78 is 0. The van der Waals surface area contributed by atoms with E-state index in [1.807, 2.05) is 0 Å². The highest BCUT2D eigenvalue weighted by molar-refractivity contribution is 5.66. The standard InChI is InChI=1S/C18H22/c1-13-11-16(15-9-7-6-8-10-15)12-17(14(13)2)18(3,4)5/h6-12H,1-5H3. The molecule has 0 unspecified atom stereocenters. The van der Waals surface area contributed by atoms with Crippen LogP contribution in [0, 0.1) is 13.8 Å². The fourth-order valence-corrected chi connectivity index (χ4v) is 2.44. The molecule has 0 aromatic heterocycles. The largest absolute Gasteiger partial charge is 0.0622 e. The molecule has 0 saturated carbocycles. The molecule has 0 N–H and O–H groups in total. The van der Waals surface area contributed by atoms with Gasteiger partial charge in [0.25, 0.3) is 0 Å². The highest BCUT2D eigenvalue weighted by Gasteiger charge is 2.18. The molecule has 2 rings (SSSR count). The summed E-state index contributed by atoms with van der Waals surface area (Å²) in [5.74, 6) is 0. The number of rotatable bonds is 1. The zero-order chi connectivity index (χ0) is 13.3. The predicted octanol–water partition coefficient (Wildman–Crippen LogP) is 5.27. The Kier molecular flexibility index (Phi) is 3.30. The van der Waals surface area contributed by atoms with Crippen molar-refractivity contribution in [1.29, 1.82) is 0 Å². The van der Waals surface area contributed by atoms with Gasteiger partial charge in [-0.05, 0) is 47.1 Å². The second kappa shape index (κ2) is 4.61. The molecule has 0 heteroatoms. The van der Waals surface area contributed by atoms with Gasteiger partial charge in [0.15, 0.2) is 0 Å². The molecule has 0 atom stereocenters. The minimum absolute atomic E-state index is 0.194. The van der Waals surface area contributed by atoms with E-state index in [2.05, 4.69) is 77.1 Å². The van der Waals surface area contributed by atoms with Gasteiger partial charge in [-0.3, -0.25) is 0 Å². The topological polar surface area (TPSA) is 0 Å². The molecule has 0 aliphatic carbocycles. The van der Waals surface area contributed by atoms with E-state index in [1.165, 1.54) is 27.8 Å². The van der Waals surface area contributed by atoms with Crippen LogP contribution in [0.25, 0.3) is 11.1 Å². The monoisotopic (exact) mass is 238 g/mol. The summed E-state index contributed by atoms with van der Waals surface area (Å²) in [6, 6.07) is 15.3. The molecule has 0 aliphatic heterocycles. The Labute approximate surface area is 111 Å². The van der Waals surface area contributed by atoms with E-state index in [4.69, 9.17) is 0 Å². The van der Waals surface area contributed by atoms with Crippen LogP contribution in [-0.4, -0.2) is 0 Å². The van der Waals surface area contributed by atoms with E-state index in [0.29, 0.717) is 0 Å². The van der Waals surface area contributed by atoms with Crippen LogP contribution in [0.2, 0.25) is 0 Å². The maximum absolute atomic E-state index is 2.34. The van der Waals surface area contributed by atoms with E-state index in [-0.39, 0.29) is 5.41 Å². The normalized spacial score (nSPS) is 11.6. The van der Waals surface area contributed by atoms with Gasteiger partial charge >= 0.3 is 0 Å². The van der Waals surface area contributed by atoms with Gasteiger partial charge in [-0.15, -0.1) is 0 Å². The molecule has 0 spiro atoms. The first kappa shape index (κ1) is 12.9. The predicted molar refractivity (Wildman–Crippen MR) is 80.1 cm³/mol. The first-order valence-electron chi connectivity index (χ1n) is 6.57. The molecule has 18 heavy (non-hydrogen) atoms. The maximum Gasteiger partial charge on any atom is -0.0129 e. The molecular weight excluding hydrogens is 216 g/mol. The Balaban J connectivity index is 2.62. The Bertz CT molecular complexity index is 542. The molecular formula is C18H22. The molecule has 0 bridgehead atoms. The second-order valence-electron chi connectivity index (χ2n) is 6.08. The summed E-state index contributed by atoms with van der Waals surface area (Å²) in [5.41, 5.74) is 7.05. The van der Waals surface area contributed by atoms with E-state index in [1.54, 1.807) is 0 Å². The van der Waals surface area contributed by atoms with Crippen molar-refractivity contribution in [1.82, 2.24) is 0 Å². The van der Waals surface area contributed by atoms with Crippen LogP contribution in [0.3, 0.4) is 0 Å². The first-order chi connectivity index (χ1) is 8.39. The highest BCUT2D eigenvalue weighted by Crippen LogP contribution is 2.32. The molecule has 0 fully saturated rings. The van der Waals surface area contributed by atoms with Gasteiger partial charge in [-0.2, -0.15) is 0 Å². The summed E-state index contributed by atoms with van der Waals surface area (Å²) in [5, 5.41) is 0. The van der Waals surface area contributed by atoms with Crippen molar-refractivity contribution in [2.75, 3.05) is 0 Å². The zero-order valence-electron chi connectivity index (χ0n) is 12.0. The third kappa shape index (κ3) is 2.48. The van der Waals surface area contributed by atoms with Crippen LogP contribution in [0.4, 0.5) is 0 Å².